The van der Waals surface area contributed by atoms with Crippen LogP contribution < -0.4 is 33.2 Å². The fourth-order valence-corrected chi connectivity index (χ4v) is 2.02. The SMILES string of the molecule is NC(=O)CCC(NC(=O)CNC(=O)C(N)CS)C(=O)NC(CC(N)=O)C(=O)O. The van der Waals surface area contributed by atoms with Gasteiger partial charge in [-0.25, -0.2) is 4.79 Å². The molecule has 14 heteroatoms. The molecule has 0 heterocycles. The lowest BCUT2D eigenvalue weighted by Crippen LogP contribution is -2.54. The quantitative estimate of drug-likeness (QED) is 0.135. The molecule has 0 saturated heterocycles. The molecule has 0 aliphatic heterocycles. The van der Waals surface area contributed by atoms with Gasteiger partial charge in [-0.3, -0.25) is 24.0 Å². The maximum Gasteiger partial charge on any atom is 0.326 e. The van der Waals surface area contributed by atoms with Gasteiger partial charge >= 0.3 is 5.97 Å². The van der Waals surface area contributed by atoms with Crippen LogP contribution in [0.3, 0.4) is 0 Å². The van der Waals surface area contributed by atoms with Crippen LogP contribution in [0.4, 0.5) is 0 Å². The van der Waals surface area contributed by atoms with E-state index in [1.165, 1.54) is 0 Å². The zero-order valence-electron chi connectivity index (χ0n) is 14.8. The highest BCUT2D eigenvalue weighted by molar-refractivity contribution is 7.80. The second kappa shape index (κ2) is 12.5. The molecule has 0 spiro atoms. The molecule has 0 aromatic rings. The van der Waals surface area contributed by atoms with E-state index >= 15 is 0 Å². The molecule has 10 N–H and O–H groups in total. The number of thiol groups is 1. The predicted octanol–water partition coefficient (Wildman–Crippen LogP) is -4.45. The molecule has 28 heavy (non-hydrogen) atoms. The normalized spacial score (nSPS) is 13.5. The fraction of sp³-hybridized carbons (Fsp3) is 0.571. The number of primary amides is 2. The smallest absolute Gasteiger partial charge is 0.326 e. The highest BCUT2D eigenvalue weighted by Gasteiger charge is 2.28. The molecule has 3 unspecified atom stereocenters. The number of nitrogens with two attached hydrogens (primary N) is 3. The molecule has 0 bridgehead atoms. The van der Waals surface area contributed by atoms with Crippen LogP contribution in [-0.4, -0.2) is 71.0 Å². The summed E-state index contributed by atoms with van der Waals surface area (Å²) in [4.78, 5) is 68.7. The first-order valence-electron chi connectivity index (χ1n) is 8.01. The van der Waals surface area contributed by atoms with Crippen molar-refractivity contribution < 1.29 is 33.9 Å². The Morgan fingerprint density at radius 3 is 2.00 bits per heavy atom. The Morgan fingerprint density at radius 1 is 0.929 bits per heavy atom. The van der Waals surface area contributed by atoms with Gasteiger partial charge in [0.1, 0.15) is 12.1 Å². The lowest BCUT2D eigenvalue weighted by molar-refractivity contribution is -0.143. The number of carboxylic acid groups (broad SMARTS) is 1. The van der Waals surface area contributed by atoms with Gasteiger partial charge in [0, 0.05) is 12.2 Å². The van der Waals surface area contributed by atoms with E-state index in [0.717, 1.165) is 0 Å². The lowest BCUT2D eigenvalue weighted by atomic mass is 10.1. The van der Waals surface area contributed by atoms with E-state index in [2.05, 4.69) is 23.3 Å². The van der Waals surface area contributed by atoms with Crippen molar-refractivity contribution in [1.82, 2.24) is 16.0 Å². The first kappa shape index (κ1) is 25.1. The van der Waals surface area contributed by atoms with Gasteiger partial charge in [0.15, 0.2) is 0 Å². The van der Waals surface area contributed by atoms with Crippen LogP contribution >= 0.6 is 12.6 Å². The minimum absolute atomic E-state index is 0.0491. The first-order valence-corrected chi connectivity index (χ1v) is 8.64. The molecule has 0 radical (unpaired) electrons. The van der Waals surface area contributed by atoms with Crippen LogP contribution in [0.15, 0.2) is 0 Å². The zero-order chi connectivity index (χ0) is 21.9. The number of aliphatic carboxylic acids is 1. The average Bonchev–Trinajstić information content (AvgIpc) is 2.60. The summed E-state index contributed by atoms with van der Waals surface area (Å²) in [6, 6.07) is -3.90. The van der Waals surface area contributed by atoms with Gasteiger partial charge in [0.25, 0.3) is 0 Å². The number of rotatable bonds is 13. The molecular formula is C14H24N6O7S. The molecule has 0 saturated carbocycles. The summed E-state index contributed by atoms with van der Waals surface area (Å²) in [5.41, 5.74) is 15.4. The molecule has 158 valence electrons. The van der Waals surface area contributed by atoms with Crippen molar-refractivity contribution in [2.75, 3.05) is 12.3 Å². The second-order valence-corrected chi connectivity index (χ2v) is 6.07. The maximum absolute atomic E-state index is 12.3. The van der Waals surface area contributed by atoms with Crippen LogP contribution in [0.25, 0.3) is 0 Å². The number of carbonyl (C=O) groups excluding carboxylic acids is 5. The summed E-state index contributed by atoms with van der Waals surface area (Å²) < 4.78 is 0. The van der Waals surface area contributed by atoms with Gasteiger partial charge in [0.05, 0.1) is 19.0 Å². The van der Waals surface area contributed by atoms with Gasteiger partial charge < -0.3 is 38.3 Å². The van der Waals surface area contributed by atoms with E-state index in [0.29, 0.717) is 0 Å². The Kier molecular flexibility index (Phi) is 11.2. The largest absolute Gasteiger partial charge is 0.480 e. The molecule has 0 aliphatic carbocycles. The Hall–Kier alpha value is -2.87. The number of amides is 5. The average molecular weight is 420 g/mol. The van der Waals surface area contributed by atoms with Crippen molar-refractivity contribution in [3.63, 3.8) is 0 Å². The number of nitrogens with one attached hydrogen (secondary N) is 3. The Morgan fingerprint density at radius 2 is 1.54 bits per heavy atom. The second-order valence-electron chi connectivity index (χ2n) is 5.70. The molecule has 5 amide bonds. The topological polar surface area (TPSA) is 237 Å². The summed E-state index contributed by atoms with van der Waals surface area (Å²) in [6.07, 6.45) is -1.20. The van der Waals surface area contributed by atoms with Gasteiger partial charge in [-0.1, -0.05) is 0 Å². The highest BCUT2D eigenvalue weighted by Crippen LogP contribution is 2.01. The van der Waals surface area contributed by atoms with Crippen molar-refractivity contribution in [3.05, 3.63) is 0 Å². The maximum atomic E-state index is 12.3. The summed E-state index contributed by atoms with van der Waals surface area (Å²) in [5, 5.41) is 15.5. The van der Waals surface area contributed by atoms with Crippen molar-refractivity contribution in [3.8, 4) is 0 Å². The van der Waals surface area contributed by atoms with Gasteiger partial charge in [0.2, 0.25) is 29.5 Å². The molecule has 3 atom stereocenters. The van der Waals surface area contributed by atoms with Crippen LogP contribution in [0.5, 0.6) is 0 Å². The molecule has 0 aromatic carbocycles. The number of carbonyl (C=O) groups is 6. The monoisotopic (exact) mass is 420 g/mol. The van der Waals surface area contributed by atoms with E-state index in [9.17, 15) is 28.8 Å². The summed E-state index contributed by atoms with van der Waals surface area (Å²) in [6.45, 7) is -0.524. The van der Waals surface area contributed by atoms with E-state index in [-0.39, 0.29) is 18.6 Å². The highest BCUT2D eigenvalue weighted by atomic mass is 32.1. The third-order valence-corrected chi connectivity index (χ3v) is 3.70. The van der Waals surface area contributed by atoms with Gasteiger partial charge in [-0.2, -0.15) is 12.6 Å². The summed E-state index contributed by atoms with van der Waals surface area (Å²) in [7, 11) is 0. The predicted molar refractivity (Wildman–Crippen MR) is 98.6 cm³/mol. The zero-order valence-corrected chi connectivity index (χ0v) is 15.7. The summed E-state index contributed by atoms with van der Waals surface area (Å²) in [5.74, 6) is -5.60. The van der Waals surface area contributed by atoms with Crippen molar-refractivity contribution in [2.45, 2.75) is 37.4 Å². The number of hydrogen-bond donors (Lipinski definition) is 8. The third-order valence-electron chi connectivity index (χ3n) is 3.31. The van der Waals surface area contributed by atoms with Crippen LogP contribution in [0, 0.1) is 0 Å². The molecular weight excluding hydrogens is 396 g/mol. The molecule has 0 fully saturated rings. The van der Waals surface area contributed by atoms with Crippen molar-refractivity contribution in [1.29, 1.82) is 0 Å². The Bertz CT molecular complexity index is 629. The number of carboxylic acids is 1. The van der Waals surface area contributed by atoms with Crippen molar-refractivity contribution in [2.24, 2.45) is 17.2 Å². The van der Waals surface area contributed by atoms with Crippen molar-refractivity contribution >= 4 is 48.1 Å². The van der Waals surface area contributed by atoms with E-state index < -0.39 is 66.6 Å². The minimum Gasteiger partial charge on any atom is -0.480 e. The Balaban J connectivity index is 4.99. The summed E-state index contributed by atoms with van der Waals surface area (Å²) >= 11 is 3.84. The minimum atomic E-state index is -1.62. The molecule has 0 rings (SSSR count). The van der Waals surface area contributed by atoms with Crippen LogP contribution in [0.1, 0.15) is 19.3 Å². The third kappa shape index (κ3) is 10.3. The van der Waals surface area contributed by atoms with Gasteiger partial charge in [-0.15, -0.1) is 0 Å². The van der Waals surface area contributed by atoms with Gasteiger partial charge in [-0.05, 0) is 6.42 Å². The lowest BCUT2D eigenvalue weighted by Gasteiger charge is -2.21. The molecule has 0 aromatic heterocycles. The van der Waals surface area contributed by atoms with E-state index in [1.807, 2.05) is 5.32 Å². The standard InChI is InChI=1S/C14H24N6O7S/c15-6(5-28)12(24)18-4-11(23)19-7(1-2-9(16)21)13(25)20-8(14(26)27)3-10(17)22/h6-8,28H,1-5,15H2,(H2,16,21)(H2,17,22)(H,18,24)(H,19,23)(H,20,25)(H,26,27). The molecule has 0 aliphatic rings. The number of hydrogen-bond acceptors (Lipinski definition) is 8. The Labute approximate surface area is 165 Å². The van der Waals surface area contributed by atoms with Crippen LogP contribution in [-0.2, 0) is 28.8 Å². The fourth-order valence-electron chi connectivity index (χ4n) is 1.86. The molecule has 13 nitrogen and oxygen atoms in total. The van der Waals surface area contributed by atoms with E-state index in [1.54, 1.807) is 0 Å². The first-order chi connectivity index (χ1) is 13.0. The van der Waals surface area contributed by atoms with Crippen LogP contribution in [0.2, 0.25) is 0 Å². The van der Waals surface area contributed by atoms with E-state index in [4.69, 9.17) is 22.3 Å².